The van der Waals surface area contributed by atoms with Crippen molar-refractivity contribution < 1.29 is 0 Å². The average molecular weight is 380 g/mol. The molecule has 0 radical (unpaired) electrons. The van der Waals surface area contributed by atoms with Gasteiger partial charge in [-0.2, -0.15) is 0 Å². The first-order valence-electron chi connectivity index (χ1n) is 10.2. The van der Waals surface area contributed by atoms with Crippen LogP contribution in [0.5, 0.6) is 0 Å². The zero-order chi connectivity index (χ0) is 19.5. The van der Waals surface area contributed by atoms with Gasteiger partial charge in [-0.25, -0.2) is 0 Å². The Bertz CT molecular complexity index is 1230. The van der Waals surface area contributed by atoms with Crippen molar-refractivity contribution in [1.29, 1.82) is 0 Å². The quantitative estimate of drug-likeness (QED) is 0.360. The van der Waals surface area contributed by atoms with E-state index in [1.54, 1.807) is 0 Å². The summed E-state index contributed by atoms with van der Waals surface area (Å²) in [5, 5.41) is 6.31. The minimum Gasteiger partial charge on any atom is -0.361 e. The van der Waals surface area contributed by atoms with Gasteiger partial charge in [0.1, 0.15) is 0 Å². The molecule has 29 heavy (non-hydrogen) atoms. The lowest BCUT2D eigenvalue weighted by molar-refractivity contribution is 0.688. The summed E-state index contributed by atoms with van der Waals surface area (Å²) in [6.07, 6.45) is 5.46. The Morgan fingerprint density at radius 1 is 0.759 bits per heavy atom. The second kappa shape index (κ2) is 7.98. The summed E-state index contributed by atoms with van der Waals surface area (Å²) in [6, 6.07) is 27.9. The number of aromatic nitrogens is 2. The zero-order valence-electron chi connectivity index (χ0n) is 16.4. The molecule has 0 spiro atoms. The Balaban J connectivity index is 1.29. The Kier molecular flexibility index (Phi) is 4.89. The van der Waals surface area contributed by atoms with E-state index in [1.807, 2.05) is 0 Å². The number of rotatable bonds is 7. The van der Waals surface area contributed by atoms with E-state index >= 15 is 0 Å². The van der Waals surface area contributed by atoms with Crippen LogP contribution in [-0.2, 0) is 19.5 Å². The highest BCUT2D eigenvalue weighted by atomic mass is 15.0. The van der Waals surface area contributed by atoms with Crippen LogP contribution in [0, 0.1) is 0 Å². The molecule has 0 aliphatic rings. The maximum absolute atomic E-state index is 3.65. The molecule has 0 unspecified atom stereocenters. The maximum atomic E-state index is 3.65. The lowest BCUT2D eigenvalue weighted by Gasteiger charge is -2.05. The first kappa shape index (κ1) is 17.8. The van der Waals surface area contributed by atoms with Crippen molar-refractivity contribution >= 4 is 21.8 Å². The number of nitrogens with one attached hydrogen (secondary N) is 2. The molecule has 2 N–H and O–H groups in total. The number of H-pyrrole nitrogens is 1. The molecule has 3 aromatic carbocycles. The fraction of sp³-hybridized carbons (Fsp3) is 0.154. The van der Waals surface area contributed by atoms with Crippen LogP contribution in [0.4, 0.5) is 0 Å². The maximum Gasteiger partial charge on any atom is 0.0486 e. The molecule has 144 valence electrons. The van der Waals surface area contributed by atoms with E-state index in [2.05, 4.69) is 106 Å². The van der Waals surface area contributed by atoms with Crippen molar-refractivity contribution in [1.82, 2.24) is 14.9 Å². The lowest BCUT2D eigenvalue weighted by Crippen LogP contribution is -2.16. The highest BCUT2D eigenvalue weighted by molar-refractivity contribution is 5.84. The fourth-order valence-corrected chi connectivity index (χ4v) is 4.16. The van der Waals surface area contributed by atoms with E-state index in [-0.39, 0.29) is 0 Å². The number of hydrogen-bond donors (Lipinski definition) is 2. The molecule has 0 saturated carbocycles. The molecule has 2 heterocycles. The SMILES string of the molecule is c1ccc(Cn2cc(CNCCc3c[nH]c4ccccc34)c3ccccc32)cc1. The van der Waals surface area contributed by atoms with Crippen LogP contribution in [0.25, 0.3) is 21.8 Å². The summed E-state index contributed by atoms with van der Waals surface area (Å²) in [4.78, 5) is 3.37. The summed E-state index contributed by atoms with van der Waals surface area (Å²) < 4.78 is 2.36. The summed E-state index contributed by atoms with van der Waals surface area (Å²) in [6.45, 7) is 2.74. The largest absolute Gasteiger partial charge is 0.361 e. The number of aromatic amines is 1. The summed E-state index contributed by atoms with van der Waals surface area (Å²) in [5.74, 6) is 0. The standard InChI is InChI=1S/C26H25N3/c1-2-8-20(9-3-1)18-29-19-22(24-11-5-7-13-26(24)29)16-27-15-14-21-17-28-25-12-6-4-10-23(21)25/h1-13,17,19,27-28H,14-16,18H2. The van der Waals surface area contributed by atoms with Gasteiger partial charge in [-0.1, -0.05) is 66.7 Å². The number of fused-ring (bicyclic) bond motifs is 2. The molecule has 0 aliphatic carbocycles. The summed E-state index contributed by atoms with van der Waals surface area (Å²) >= 11 is 0. The van der Waals surface area contributed by atoms with Crippen molar-refractivity contribution in [2.75, 3.05) is 6.54 Å². The zero-order valence-corrected chi connectivity index (χ0v) is 16.4. The molecule has 3 heteroatoms. The topological polar surface area (TPSA) is 32.8 Å². The minimum absolute atomic E-state index is 0.880. The predicted molar refractivity (Wildman–Crippen MR) is 121 cm³/mol. The monoisotopic (exact) mass is 379 g/mol. The molecule has 5 rings (SSSR count). The van der Waals surface area contributed by atoms with Crippen LogP contribution in [-0.4, -0.2) is 16.1 Å². The Morgan fingerprint density at radius 3 is 2.41 bits per heavy atom. The molecule has 0 atom stereocenters. The molecule has 5 aromatic rings. The Hall–Kier alpha value is -3.30. The number of para-hydroxylation sites is 2. The molecular formula is C26H25N3. The molecule has 0 bridgehead atoms. The average Bonchev–Trinajstić information content (AvgIpc) is 3.34. The molecule has 0 amide bonds. The van der Waals surface area contributed by atoms with E-state index in [9.17, 15) is 0 Å². The van der Waals surface area contributed by atoms with Gasteiger partial charge in [0.25, 0.3) is 0 Å². The van der Waals surface area contributed by atoms with Crippen LogP contribution < -0.4 is 5.32 Å². The van der Waals surface area contributed by atoms with Gasteiger partial charge >= 0.3 is 0 Å². The van der Waals surface area contributed by atoms with Gasteiger partial charge in [0, 0.05) is 47.3 Å². The van der Waals surface area contributed by atoms with Crippen molar-refractivity contribution in [3.63, 3.8) is 0 Å². The van der Waals surface area contributed by atoms with E-state index < -0.39 is 0 Å². The molecule has 3 nitrogen and oxygen atoms in total. The molecule has 0 aliphatic heterocycles. The van der Waals surface area contributed by atoms with Gasteiger partial charge in [0.2, 0.25) is 0 Å². The minimum atomic E-state index is 0.880. The Morgan fingerprint density at radius 2 is 1.52 bits per heavy atom. The highest BCUT2D eigenvalue weighted by Gasteiger charge is 2.09. The predicted octanol–water partition coefficient (Wildman–Crippen LogP) is 5.50. The van der Waals surface area contributed by atoms with Crippen LogP contribution >= 0.6 is 0 Å². The summed E-state index contributed by atoms with van der Waals surface area (Å²) in [7, 11) is 0. The molecular weight excluding hydrogens is 354 g/mol. The third kappa shape index (κ3) is 3.69. The smallest absolute Gasteiger partial charge is 0.0486 e. The first-order chi connectivity index (χ1) is 14.4. The molecule has 0 saturated heterocycles. The van der Waals surface area contributed by atoms with E-state index in [1.165, 1.54) is 38.5 Å². The molecule has 2 aromatic heterocycles. The van der Waals surface area contributed by atoms with Crippen molar-refractivity contribution in [3.8, 4) is 0 Å². The van der Waals surface area contributed by atoms with E-state index in [0.717, 1.165) is 26.1 Å². The van der Waals surface area contributed by atoms with Crippen LogP contribution in [0.15, 0.2) is 91.3 Å². The van der Waals surface area contributed by atoms with Gasteiger partial charge in [0.15, 0.2) is 0 Å². The van der Waals surface area contributed by atoms with Crippen LogP contribution in [0.1, 0.15) is 16.7 Å². The van der Waals surface area contributed by atoms with Gasteiger partial charge in [-0.05, 0) is 41.8 Å². The number of benzene rings is 3. The van der Waals surface area contributed by atoms with E-state index in [4.69, 9.17) is 0 Å². The normalized spacial score (nSPS) is 11.4. The van der Waals surface area contributed by atoms with E-state index in [0.29, 0.717) is 0 Å². The van der Waals surface area contributed by atoms with Gasteiger partial charge in [-0.15, -0.1) is 0 Å². The third-order valence-electron chi connectivity index (χ3n) is 5.63. The lowest BCUT2D eigenvalue weighted by atomic mass is 10.1. The number of hydrogen-bond acceptors (Lipinski definition) is 1. The third-order valence-corrected chi connectivity index (χ3v) is 5.63. The molecule has 0 fully saturated rings. The van der Waals surface area contributed by atoms with Gasteiger partial charge in [-0.3, -0.25) is 0 Å². The van der Waals surface area contributed by atoms with Gasteiger partial charge in [0.05, 0.1) is 0 Å². The van der Waals surface area contributed by atoms with Crippen LogP contribution in [0.3, 0.4) is 0 Å². The fourth-order valence-electron chi connectivity index (χ4n) is 4.16. The van der Waals surface area contributed by atoms with Crippen LogP contribution in [0.2, 0.25) is 0 Å². The van der Waals surface area contributed by atoms with Crippen molar-refractivity contribution in [3.05, 3.63) is 108 Å². The second-order valence-electron chi connectivity index (χ2n) is 7.57. The van der Waals surface area contributed by atoms with Crippen molar-refractivity contribution in [2.45, 2.75) is 19.5 Å². The summed E-state index contributed by atoms with van der Waals surface area (Å²) in [5.41, 5.74) is 6.57. The Labute approximate surface area is 171 Å². The second-order valence-corrected chi connectivity index (χ2v) is 7.57. The van der Waals surface area contributed by atoms with Gasteiger partial charge < -0.3 is 14.9 Å². The number of nitrogens with zero attached hydrogens (tertiary/aromatic N) is 1. The highest BCUT2D eigenvalue weighted by Crippen LogP contribution is 2.23. The van der Waals surface area contributed by atoms with Crippen molar-refractivity contribution in [2.24, 2.45) is 0 Å². The first-order valence-corrected chi connectivity index (χ1v) is 10.2.